The number of hydrogen-bond acceptors (Lipinski definition) is 3. The van der Waals surface area contributed by atoms with Crippen molar-refractivity contribution in [2.24, 2.45) is 5.73 Å². The van der Waals surface area contributed by atoms with E-state index in [1.165, 1.54) is 0 Å². The van der Waals surface area contributed by atoms with Crippen molar-refractivity contribution in [2.45, 2.75) is 13.0 Å². The Kier molecular flexibility index (Phi) is 4.20. The van der Waals surface area contributed by atoms with Crippen LogP contribution in [0.25, 0.3) is 0 Å². The lowest BCUT2D eigenvalue weighted by Gasteiger charge is -2.12. The molecule has 3 nitrogen and oxygen atoms in total. The van der Waals surface area contributed by atoms with Crippen molar-refractivity contribution in [2.75, 3.05) is 13.2 Å². The predicted octanol–water partition coefficient (Wildman–Crippen LogP) is 1.35. The Labute approximate surface area is 88.4 Å². The lowest BCUT2D eigenvalue weighted by atomic mass is 10.2. The number of rotatable bonds is 4. The standard InChI is InChI=1S/C10H14ClNO2/c1-7-9(11)3-2-4-10(7)14-6-8(13)5-12/h2-4,8,13H,5-6,12H2,1H3/t8-/m1/s1. The summed E-state index contributed by atoms with van der Waals surface area (Å²) >= 11 is 5.90. The molecule has 4 heteroatoms. The Bertz CT molecular complexity index is 304. The third-order valence-electron chi connectivity index (χ3n) is 1.92. The maximum absolute atomic E-state index is 9.20. The monoisotopic (exact) mass is 215 g/mol. The number of aliphatic hydroxyl groups is 1. The van der Waals surface area contributed by atoms with Gasteiger partial charge in [0.1, 0.15) is 18.5 Å². The molecule has 1 aromatic rings. The summed E-state index contributed by atoms with van der Waals surface area (Å²) in [4.78, 5) is 0. The molecule has 1 atom stereocenters. The van der Waals surface area contributed by atoms with E-state index in [-0.39, 0.29) is 13.2 Å². The largest absolute Gasteiger partial charge is 0.491 e. The fourth-order valence-electron chi connectivity index (χ4n) is 0.998. The highest BCUT2D eigenvalue weighted by Gasteiger charge is 2.05. The van der Waals surface area contributed by atoms with E-state index in [1.54, 1.807) is 12.1 Å². The smallest absolute Gasteiger partial charge is 0.123 e. The Hall–Kier alpha value is -0.770. The number of halogens is 1. The topological polar surface area (TPSA) is 55.5 Å². The van der Waals surface area contributed by atoms with Crippen LogP contribution in [0.3, 0.4) is 0 Å². The van der Waals surface area contributed by atoms with E-state index in [4.69, 9.17) is 22.1 Å². The van der Waals surface area contributed by atoms with Crippen LogP contribution in [0.1, 0.15) is 5.56 Å². The van der Waals surface area contributed by atoms with Crippen molar-refractivity contribution in [3.8, 4) is 5.75 Å². The van der Waals surface area contributed by atoms with Crippen molar-refractivity contribution < 1.29 is 9.84 Å². The van der Waals surface area contributed by atoms with Gasteiger partial charge in [-0.05, 0) is 19.1 Å². The third kappa shape index (κ3) is 2.87. The van der Waals surface area contributed by atoms with Gasteiger partial charge in [-0.2, -0.15) is 0 Å². The molecule has 0 fully saturated rings. The van der Waals surface area contributed by atoms with Gasteiger partial charge in [0.2, 0.25) is 0 Å². The molecule has 1 rings (SSSR count). The fraction of sp³-hybridized carbons (Fsp3) is 0.400. The van der Waals surface area contributed by atoms with Gasteiger partial charge in [0.15, 0.2) is 0 Å². The lowest BCUT2D eigenvalue weighted by Crippen LogP contribution is -2.26. The van der Waals surface area contributed by atoms with E-state index in [2.05, 4.69) is 0 Å². The van der Waals surface area contributed by atoms with Gasteiger partial charge in [-0.3, -0.25) is 0 Å². The maximum Gasteiger partial charge on any atom is 0.123 e. The van der Waals surface area contributed by atoms with E-state index >= 15 is 0 Å². The Morgan fingerprint density at radius 1 is 1.57 bits per heavy atom. The third-order valence-corrected chi connectivity index (χ3v) is 2.33. The second-order valence-corrected chi connectivity index (χ2v) is 3.47. The highest BCUT2D eigenvalue weighted by Crippen LogP contribution is 2.24. The number of benzene rings is 1. The number of ether oxygens (including phenoxy) is 1. The second-order valence-electron chi connectivity index (χ2n) is 3.06. The Morgan fingerprint density at radius 3 is 2.93 bits per heavy atom. The van der Waals surface area contributed by atoms with Crippen LogP contribution in [0.15, 0.2) is 18.2 Å². The van der Waals surface area contributed by atoms with E-state index in [0.717, 1.165) is 5.56 Å². The van der Waals surface area contributed by atoms with Crippen LogP contribution in [0.4, 0.5) is 0 Å². The molecular formula is C10H14ClNO2. The minimum absolute atomic E-state index is 0.192. The number of hydrogen-bond donors (Lipinski definition) is 2. The van der Waals surface area contributed by atoms with Crippen LogP contribution in [0, 0.1) is 6.92 Å². The lowest BCUT2D eigenvalue weighted by molar-refractivity contribution is 0.114. The molecule has 0 unspecified atom stereocenters. The van der Waals surface area contributed by atoms with Crippen LogP contribution >= 0.6 is 11.6 Å². The van der Waals surface area contributed by atoms with Crippen molar-refractivity contribution in [3.05, 3.63) is 28.8 Å². The zero-order valence-electron chi connectivity index (χ0n) is 8.03. The average molecular weight is 216 g/mol. The Balaban J connectivity index is 2.63. The summed E-state index contributed by atoms with van der Waals surface area (Å²) in [5.74, 6) is 0.685. The highest BCUT2D eigenvalue weighted by molar-refractivity contribution is 6.31. The molecule has 0 saturated carbocycles. The molecule has 78 valence electrons. The molecule has 14 heavy (non-hydrogen) atoms. The van der Waals surface area contributed by atoms with Gasteiger partial charge in [0, 0.05) is 17.1 Å². The highest BCUT2D eigenvalue weighted by atomic mass is 35.5. The molecule has 0 aliphatic rings. The van der Waals surface area contributed by atoms with Gasteiger partial charge < -0.3 is 15.6 Å². The molecule has 0 amide bonds. The van der Waals surface area contributed by atoms with E-state index in [1.807, 2.05) is 13.0 Å². The van der Waals surface area contributed by atoms with Crippen LogP contribution in [0.5, 0.6) is 5.75 Å². The molecular weight excluding hydrogens is 202 g/mol. The molecule has 0 bridgehead atoms. The first kappa shape index (κ1) is 11.3. The van der Waals surface area contributed by atoms with Crippen LogP contribution < -0.4 is 10.5 Å². The molecule has 0 saturated heterocycles. The van der Waals surface area contributed by atoms with Gasteiger partial charge in [0.25, 0.3) is 0 Å². The first-order valence-electron chi connectivity index (χ1n) is 4.41. The maximum atomic E-state index is 9.20. The van der Waals surface area contributed by atoms with Crippen LogP contribution in [-0.2, 0) is 0 Å². The van der Waals surface area contributed by atoms with Gasteiger partial charge in [-0.15, -0.1) is 0 Å². The summed E-state index contributed by atoms with van der Waals surface area (Å²) in [5.41, 5.74) is 6.12. The SMILES string of the molecule is Cc1c(Cl)cccc1OC[C@H](O)CN. The van der Waals surface area contributed by atoms with E-state index < -0.39 is 6.10 Å². The van der Waals surface area contributed by atoms with Crippen LogP contribution in [-0.4, -0.2) is 24.4 Å². The van der Waals surface area contributed by atoms with Gasteiger partial charge in [-0.1, -0.05) is 17.7 Å². The average Bonchev–Trinajstić information content (AvgIpc) is 2.20. The van der Waals surface area contributed by atoms with Crippen LogP contribution in [0.2, 0.25) is 5.02 Å². The summed E-state index contributed by atoms with van der Waals surface area (Å²) in [6.07, 6.45) is -0.631. The van der Waals surface area contributed by atoms with E-state index in [9.17, 15) is 5.11 Å². The normalized spacial score (nSPS) is 12.6. The molecule has 0 spiro atoms. The summed E-state index contributed by atoms with van der Waals surface area (Å²) in [6.45, 7) is 2.25. The van der Waals surface area contributed by atoms with Gasteiger partial charge >= 0.3 is 0 Å². The Morgan fingerprint density at radius 2 is 2.29 bits per heavy atom. The summed E-state index contributed by atoms with van der Waals surface area (Å²) in [5, 5.41) is 9.85. The molecule has 0 aliphatic heterocycles. The van der Waals surface area contributed by atoms with Crippen molar-refractivity contribution >= 4 is 11.6 Å². The van der Waals surface area contributed by atoms with E-state index in [0.29, 0.717) is 10.8 Å². The fourth-order valence-corrected chi connectivity index (χ4v) is 1.16. The van der Waals surface area contributed by atoms with Crippen molar-refractivity contribution in [1.29, 1.82) is 0 Å². The summed E-state index contributed by atoms with van der Waals surface area (Å²) in [6, 6.07) is 5.41. The number of nitrogens with two attached hydrogens (primary N) is 1. The zero-order valence-corrected chi connectivity index (χ0v) is 8.79. The molecule has 3 N–H and O–H groups in total. The van der Waals surface area contributed by atoms with Gasteiger partial charge in [-0.25, -0.2) is 0 Å². The first-order chi connectivity index (χ1) is 6.65. The zero-order chi connectivity index (χ0) is 10.6. The van der Waals surface area contributed by atoms with Gasteiger partial charge in [0.05, 0.1) is 0 Å². The molecule has 0 radical (unpaired) electrons. The van der Waals surface area contributed by atoms with Crippen molar-refractivity contribution in [1.82, 2.24) is 0 Å². The molecule has 1 aromatic carbocycles. The molecule has 0 aliphatic carbocycles. The summed E-state index contributed by atoms with van der Waals surface area (Å²) in [7, 11) is 0. The predicted molar refractivity (Wildman–Crippen MR) is 56.7 cm³/mol. The number of aliphatic hydroxyl groups excluding tert-OH is 1. The minimum Gasteiger partial charge on any atom is -0.491 e. The summed E-state index contributed by atoms with van der Waals surface area (Å²) < 4.78 is 5.36. The first-order valence-corrected chi connectivity index (χ1v) is 4.79. The van der Waals surface area contributed by atoms with Crippen molar-refractivity contribution in [3.63, 3.8) is 0 Å². The second kappa shape index (κ2) is 5.20. The quantitative estimate of drug-likeness (QED) is 0.797. The minimum atomic E-state index is -0.631. The molecule has 0 aromatic heterocycles. The molecule has 0 heterocycles.